The molecule has 0 atom stereocenters. The van der Waals surface area contributed by atoms with Gasteiger partial charge < -0.3 is 5.32 Å². The molecule has 0 radical (unpaired) electrons. The molecule has 1 aromatic rings. The van der Waals surface area contributed by atoms with Gasteiger partial charge in [0.25, 0.3) is 0 Å². The Morgan fingerprint density at radius 3 is 2.27 bits per heavy atom. The minimum absolute atomic E-state index is 0.403. The van der Waals surface area contributed by atoms with Gasteiger partial charge in [-0.15, -0.1) is 0 Å². The van der Waals surface area contributed by atoms with Crippen molar-refractivity contribution in [2.75, 3.05) is 5.32 Å². The molecule has 82 valence electrons. The molecule has 0 amide bonds. The molecule has 1 aliphatic carbocycles. The summed E-state index contributed by atoms with van der Waals surface area (Å²) >= 11 is 11.9. The molecule has 0 spiro atoms. The highest BCUT2D eigenvalue weighted by molar-refractivity contribution is 6.37. The quantitative estimate of drug-likeness (QED) is 0.811. The maximum absolute atomic E-state index is 5.95. The zero-order valence-corrected chi connectivity index (χ0v) is 9.85. The summed E-state index contributed by atoms with van der Waals surface area (Å²) in [5.41, 5.74) is 0.674. The summed E-state index contributed by atoms with van der Waals surface area (Å²) in [5.74, 6) is 0. The standard InChI is InChI=1S/C10H13Cl2N3/c11-9-8(10(12)14-6-13-9)15-7-4-2-1-3-5-7/h6-7,15H,1-5H2. The van der Waals surface area contributed by atoms with Gasteiger partial charge in [0.2, 0.25) is 0 Å². The van der Waals surface area contributed by atoms with Crippen molar-refractivity contribution in [1.29, 1.82) is 0 Å². The molecule has 0 unspecified atom stereocenters. The number of hydrogen-bond acceptors (Lipinski definition) is 3. The van der Waals surface area contributed by atoms with Crippen LogP contribution in [0.4, 0.5) is 5.69 Å². The van der Waals surface area contributed by atoms with Gasteiger partial charge in [-0.05, 0) is 12.8 Å². The Labute approximate surface area is 99.2 Å². The average molecular weight is 246 g/mol. The maximum Gasteiger partial charge on any atom is 0.157 e. The number of aromatic nitrogens is 2. The van der Waals surface area contributed by atoms with Gasteiger partial charge in [-0.2, -0.15) is 0 Å². The second kappa shape index (κ2) is 4.99. The third-order valence-electron chi connectivity index (χ3n) is 2.71. The predicted molar refractivity (Wildman–Crippen MR) is 62.5 cm³/mol. The van der Waals surface area contributed by atoms with Gasteiger partial charge in [-0.3, -0.25) is 0 Å². The molecule has 1 fully saturated rings. The Hall–Kier alpha value is -0.540. The van der Waals surface area contributed by atoms with Crippen LogP contribution in [0.5, 0.6) is 0 Å². The van der Waals surface area contributed by atoms with Crippen molar-refractivity contribution in [2.24, 2.45) is 0 Å². The minimum Gasteiger partial charge on any atom is -0.377 e. The molecule has 5 heteroatoms. The number of rotatable bonds is 2. The molecule has 0 aliphatic heterocycles. The molecule has 1 aromatic heterocycles. The molecule has 1 saturated carbocycles. The molecule has 1 aliphatic rings. The fraction of sp³-hybridized carbons (Fsp3) is 0.600. The van der Waals surface area contributed by atoms with Crippen molar-refractivity contribution in [3.8, 4) is 0 Å². The zero-order chi connectivity index (χ0) is 10.7. The summed E-state index contributed by atoms with van der Waals surface area (Å²) < 4.78 is 0. The Bertz CT molecular complexity index is 317. The lowest BCUT2D eigenvalue weighted by Crippen LogP contribution is -2.22. The van der Waals surface area contributed by atoms with Crippen LogP contribution in [0.25, 0.3) is 0 Å². The predicted octanol–water partition coefficient (Wildman–Crippen LogP) is 3.53. The van der Waals surface area contributed by atoms with E-state index in [2.05, 4.69) is 15.3 Å². The summed E-state index contributed by atoms with van der Waals surface area (Å²) in [7, 11) is 0. The Morgan fingerprint density at radius 2 is 1.67 bits per heavy atom. The van der Waals surface area contributed by atoms with Crippen molar-refractivity contribution < 1.29 is 0 Å². The van der Waals surface area contributed by atoms with Crippen LogP contribution >= 0.6 is 23.2 Å². The van der Waals surface area contributed by atoms with E-state index < -0.39 is 0 Å². The summed E-state index contributed by atoms with van der Waals surface area (Å²) in [6.45, 7) is 0. The zero-order valence-electron chi connectivity index (χ0n) is 8.34. The fourth-order valence-electron chi connectivity index (χ4n) is 1.91. The first-order valence-electron chi connectivity index (χ1n) is 5.20. The Balaban J connectivity index is 2.09. The first-order chi connectivity index (χ1) is 7.27. The molecule has 0 aromatic carbocycles. The molecule has 1 N–H and O–H groups in total. The van der Waals surface area contributed by atoms with E-state index in [1.54, 1.807) is 0 Å². The second-order valence-corrected chi connectivity index (χ2v) is 4.53. The summed E-state index contributed by atoms with van der Waals surface area (Å²) in [4.78, 5) is 7.83. The highest BCUT2D eigenvalue weighted by atomic mass is 35.5. The number of hydrogen-bond donors (Lipinski definition) is 1. The van der Waals surface area contributed by atoms with Crippen molar-refractivity contribution in [3.63, 3.8) is 0 Å². The summed E-state index contributed by atoms with van der Waals surface area (Å²) in [5, 5.41) is 4.14. The number of nitrogens with zero attached hydrogens (tertiary/aromatic N) is 2. The van der Waals surface area contributed by atoms with Crippen molar-refractivity contribution in [3.05, 3.63) is 16.6 Å². The molecule has 1 heterocycles. The van der Waals surface area contributed by atoms with Gasteiger partial charge in [-0.1, -0.05) is 42.5 Å². The molecule has 15 heavy (non-hydrogen) atoms. The van der Waals surface area contributed by atoms with E-state index in [1.165, 1.54) is 38.4 Å². The molecule has 2 rings (SSSR count). The van der Waals surface area contributed by atoms with Crippen LogP contribution < -0.4 is 5.32 Å². The normalized spacial score (nSPS) is 17.7. The Kier molecular flexibility index (Phi) is 3.65. The van der Waals surface area contributed by atoms with Crippen LogP contribution in [-0.2, 0) is 0 Å². The van der Waals surface area contributed by atoms with Crippen LogP contribution in [-0.4, -0.2) is 16.0 Å². The summed E-state index contributed by atoms with van der Waals surface area (Å²) in [6, 6.07) is 0.458. The third-order valence-corrected chi connectivity index (χ3v) is 3.28. The van der Waals surface area contributed by atoms with Crippen molar-refractivity contribution in [2.45, 2.75) is 38.1 Å². The topological polar surface area (TPSA) is 37.8 Å². The van der Waals surface area contributed by atoms with Crippen molar-refractivity contribution >= 4 is 28.9 Å². The van der Waals surface area contributed by atoms with E-state index in [1.807, 2.05) is 0 Å². The van der Waals surface area contributed by atoms with Crippen molar-refractivity contribution in [1.82, 2.24) is 9.97 Å². The molecule has 3 nitrogen and oxygen atoms in total. The molecule has 0 bridgehead atoms. The van der Waals surface area contributed by atoms with Gasteiger partial charge in [0.15, 0.2) is 10.3 Å². The Morgan fingerprint density at radius 1 is 1.07 bits per heavy atom. The van der Waals surface area contributed by atoms with Crippen LogP contribution in [0.2, 0.25) is 10.3 Å². The molecule has 0 saturated heterocycles. The summed E-state index contributed by atoms with van der Waals surface area (Å²) in [6.07, 6.45) is 7.56. The molecular weight excluding hydrogens is 233 g/mol. The smallest absolute Gasteiger partial charge is 0.157 e. The van der Waals surface area contributed by atoms with E-state index in [4.69, 9.17) is 23.2 Å². The lowest BCUT2D eigenvalue weighted by molar-refractivity contribution is 0.462. The number of anilines is 1. The second-order valence-electron chi connectivity index (χ2n) is 3.81. The molecular formula is C10H13Cl2N3. The van der Waals surface area contributed by atoms with Gasteiger partial charge in [-0.25, -0.2) is 9.97 Å². The van der Waals surface area contributed by atoms with E-state index in [0.29, 0.717) is 22.0 Å². The van der Waals surface area contributed by atoms with E-state index in [0.717, 1.165) is 0 Å². The van der Waals surface area contributed by atoms with Gasteiger partial charge >= 0.3 is 0 Å². The monoisotopic (exact) mass is 245 g/mol. The van der Waals surface area contributed by atoms with Gasteiger partial charge in [0, 0.05) is 6.04 Å². The van der Waals surface area contributed by atoms with Crippen LogP contribution in [0, 0.1) is 0 Å². The van der Waals surface area contributed by atoms with Crippen LogP contribution in [0.1, 0.15) is 32.1 Å². The lowest BCUT2D eigenvalue weighted by Gasteiger charge is -2.24. The average Bonchev–Trinajstić information content (AvgIpc) is 2.25. The number of nitrogens with one attached hydrogen (secondary N) is 1. The van der Waals surface area contributed by atoms with Gasteiger partial charge in [0.1, 0.15) is 12.0 Å². The van der Waals surface area contributed by atoms with E-state index in [9.17, 15) is 0 Å². The van der Waals surface area contributed by atoms with Crippen LogP contribution in [0.3, 0.4) is 0 Å². The minimum atomic E-state index is 0.403. The maximum atomic E-state index is 5.95. The van der Waals surface area contributed by atoms with E-state index in [-0.39, 0.29) is 0 Å². The van der Waals surface area contributed by atoms with Gasteiger partial charge in [0.05, 0.1) is 0 Å². The first-order valence-corrected chi connectivity index (χ1v) is 5.95. The fourth-order valence-corrected chi connectivity index (χ4v) is 2.34. The van der Waals surface area contributed by atoms with Crippen LogP contribution in [0.15, 0.2) is 6.33 Å². The SMILES string of the molecule is Clc1ncnc(Cl)c1NC1CCCCC1. The lowest BCUT2D eigenvalue weighted by atomic mass is 9.95. The largest absolute Gasteiger partial charge is 0.377 e. The van der Waals surface area contributed by atoms with E-state index >= 15 is 0 Å². The first kappa shape index (κ1) is 11.0. The highest BCUT2D eigenvalue weighted by Crippen LogP contribution is 2.29. The number of halogens is 2. The third kappa shape index (κ3) is 2.73. The highest BCUT2D eigenvalue weighted by Gasteiger charge is 2.16.